The number of aromatic nitrogens is 2. The summed E-state index contributed by atoms with van der Waals surface area (Å²) in [5.74, 6) is 0.928. The van der Waals surface area contributed by atoms with Crippen molar-refractivity contribution in [3.63, 3.8) is 0 Å². The summed E-state index contributed by atoms with van der Waals surface area (Å²) in [7, 11) is 1.93. The second-order valence-corrected chi connectivity index (χ2v) is 4.31. The van der Waals surface area contributed by atoms with Crippen LogP contribution in [0.25, 0.3) is 22.2 Å². The summed E-state index contributed by atoms with van der Waals surface area (Å²) in [4.78, 5) is 7.81. The first kappa shape index (κ1) is 11.0. The average Bonchev–Trinajstić information content (AvgIpc) is 2.87. The van der Waals surface area contributed by atoms with Crippen LogP contribution in [0.15, 0.2) is 48.7 Å². The standard InChI is InChI=1S/C15H15N3/c1-16-9-12-10-17-15(18-12)14-8-4-6-11-5-2-3-7-13(11)14/h2-8,10,16H,9H2,1H3,(H,17,18). The number of hydrogen-bond acceptors (Lipinski definition) is 2. The molecule has 0 saturated carbocycles. The van der Waals surface area contributed by atoms with Gasteiger partial charge in [-0.2, -0.15) is 0 Å². The van der Waals surface area contributed by atoms with E-state index in [0.29, 0.717) is 0 Å². The van der Waals surface area contributed by atoms with Crippen LogP contribution in [0.4, 0.5) is 0 Å². The number of benzene rings is 2. The Bertz CT molecular complexity index is 665. The predicted octanol–water partition coefficient (Wildman–Crippen LogP) is 2.95. The van der Waals surface area contributed by atoms with Gasteiger partial charge in [0.25, 0.3) is 0 Å². The van der Waals surface area contributed by atoms with Crippen molar-refractivity contribution >= 4 is 10.8 Å². The van der Waals surface area contributed by atoms with Gasteiger partial charge in [-0.25, -0.2) is 4.98 Å². The van der Waals surface area contributed by atoms with Gasteiger partial charge in [-0.05, 0) is 17.8 Å². The van der Waals surface area contributed by atoms with Crippen molar-refractivity contribution in [1.82, 2.24) is 15.3 Å². The third kappa shape index (κ3) is 1.89. The molecule has 0 amide bonds. The van der Waals surface area contributed by atoms with Gasteiger partial charge in [-0.3, -0.25) is 0 Å². The molecule has 3 rings (SSSR count). The third-order valence-electron chi connectivity index (χ3n) is 3.04. The largest absolute Gasteiger partial charge is 0.341 e. The summed E-state index contributed by atoms with van der Waals surface area (Å²) in [6.07, 6.45) is 1.88. The van der Waals surface area contributed by atoms with E-state index in [4.69, 9.17) is 0 Å². The second kappa shape index (κ2) is 4.63. The lowest BCUT2D eigenvalue weighted by atomic mass is 10.0. The molecule has 3 aromatic rings. The Morgan fingerprint density at radius 3 is 2.83 bits per heavy atom. The smallest absolute Gasteiger partial charge is 0.138 e. The Labute approximate surface area is 106 Å². The molecule has 0 radical (unpaired) electrons. The molecule has 3 heteroatoms. The topological polar surface area (TPSA) is 40.7 Å². The first-order valence-electron chi connectivity index (χ1n) is 6.05. The van der Waals surface area contributed by atoms with Crippen LogP contribution in [0.3, 0.4) is 0 Å². The van der Waals surface area contributed by atoms with E-state index in [9.17, 15) is 0 Å². The van der Waals surface area contributed by atoms with E-state index in [1.807, 2.05) is 13.2 Å². The first-order valence-corrected chi connectivity index (χ1v) is 6.05. The van der Waals surface area contributed by atoms with E-state index in [1.165, 1.54) is 10.8 Å². The Morgan fingerprint density at radius 1 is 1.11 bits per heavy atom. The average molecular weight is 237 g/mol. The molecule has 0 aliphatic rings. The molecule has 2 aromatic carbocycles. The fourth-order valence-electron chi connectivity index (χ4n) is 2.21. The molecule has 1 heterocycles. The van der Waals surface area contributed by atoms with E-state index in [-0.39, 0.29) is 0 Å². The molecule has 0 spiro atoms. The number of nitrogens with one attached hydrogen (secondary N) is 2. The van der Waals surface area contributed by atoms with Crippen molar-refractivity contribution in [2.24, 2.45) is 0 Å². The van der Waals surface area contributed by atoms with Crippen LogP contribution in [0.2, 0.25) is 0 Å². The van der Waals surface area contributed by atoms with Crippen molar-refractivity contribution in [3.8, 4) is 11.4 Å². The Morgan fingerprint density at radius 2 is 1.94 bits per heavy atom. The van der Waals surface area contributed by atoms with E-state index in [2.05, 4.69) is 57.7 Å². The summed E-state index contributed by atoms with van der Waals surface area (Å²) < 4.78 is 0. The maximum Gasteiger partial charge on any atom is 0.138 e. The fraction of sp³-hybridized carbons (Fsp3) is 0.133. The highest BCUT2D eigenvalue weighted by Crippen LogP contribution is 2.26. The van der Waals surface area contributed by atoms with Crippen LogP contribution in [0.5, 0.6) is 0 Å². The van der Waals surface area contributed by atoms with E-state index in [0.717, 1.165) is 23.6 Å². The minimum Gasteiger partial charge on any atom is -0.341 e. The van der Waals surface area contributed by atoms with Gasteiger partial charge in [0.1, 0.15) is 5.82 Å². The molecule has 3 nitrogen and oxygen atoms in total. The van der Waals surface area contributed by atoms with E-state index >= 15 is 0 Å². The number of nitrogens with zero attached hydrogens (tertiary/aromatic N) is 1. The molecule has 0 aliphatic carbocycles. The summed E-state index contributed by atoms with van der Waals surface area (Å²) in [5.41, 5.74) is 2.25. The van der Waals surface area contributed by atoms with Crippen molar-refractivity contribution < 1.29 is 0 Å². The molecule has 2 N–H and O–H groups in total. The zero-order valence-corrected chi connectivity index (χ0v) is 10.3. The van der Waals surface area contributed by atoms with Crippen LogP contribution >= 0.6 is 0 Å². The van der Waals surface area contributed by atoms with Gasteiger partial charge < -0.3 is 10.3 Å². The minimum absolute atomic E-state index is 0.803. The Hall–Kier alpha value is -2.13. The SMILES string of the molecule is CNCc1cnc(-c2cccc3ccccc23)[nH]1. The summed E-state index contributed by atoms with van der Waals surface area (Å²) in [6, 6.07) is 14.7. The van der Waals surface area contributed by atoms with Crippen molar-refractivity contribution in [1.29, 1.82) is 0 Å². The number of H-pyrrole nitrogens is 1. The van der Waals surface area contributed by atoms with Crippen LogP contribution in [0, 0.1) is 0 Å². The molecule has 0 aliphatic heterocycles. The van der Waals surface area contributed by atoms with Crippen LogP contribution in [-0.2, 0) is 6.54 Å². The highest BCUT2D eigenvalue weighted by Gasteiger charge is 2.06. The van der Waals surface area contributed by atoms with Crippen molar-refractivity contribution in [2.45, 2.75) is 6.54 Å². The molecule has 0 bridgehead atoms. The van der Waals surface area contributed by atoms with Gasteiger partial charge in [0.2, 0.25) is 0 Å². The predicted molar refractivity (Wildman–Crippen MR) is 74.3 cm³/mol. The quantitative estimate of drug-likeness (QED) is 0.735. The van der Waals surface area contributed by atoms with Crippen molar-refractivity contribution in [3.05, 3.63) is 54.4 Å². The molecule has 0 unspecified atom stereocenters. The summed E-state index contributed by atoms with van der Waals surface area (Å²) >= 11 is 0. The van der Waals surface area contributed by atoms with Crippen LogP contribution in [0.1, 0.15) is 5.69 Å². The maximum atomic E-state index is 4.46. The molecular weight excluding hydrogens is 222 g/mol. The zero-order valence-electron chi connectivity index (χ0n) is 10.3. The first-order chi connectivity index (χ1) is 8.88. The molecule has 0 saturated heterocycles. The molecule has 1 aromatic heterocycles. The monoisotopic (exact) mass is 237 g/mol. The molecule has 18 heavy (non-hydrogen) atoms. The lowest BCUT2D eigenvalue weighted by Crippen LogP contribution is -2.04. The lowest BCUT2D eigenvalue weighted by Gasteiger charge is -2.03. The maximum absolute atomic E-state index is 4.46. The van der Waals surface area contributed by atoms with Gasteiger partial charge >= 0.3 is 0 Å². The second-order valence-electron chi connectivity index (χ2n) is 4.31. The molecule has 0 fully saturated rings. The summed E-state index contributed by atoms with van der Waals surface area (Å²) in [6.45, 7) is 0.803. The number of hydrogen-bond donors (Lipinski definition) is 2. The number of aromatic amines is 1. The van der Waals surface area contributed by atoms with Gasteiger partial charge in [0.05, 0.1) is 0 Å². The van der Waals surface area contributed by atoms with Gasteiger partial charge in [-0.1, -0.05) is 42.5 Å². The zero-order chi connectivity index (χ0) is 12.4. The normalized spacial score (nSPS) is 10.9. The highest BCUT2D eigenvalue weighted by molar-refractivity contribution is 5.95. The minimum atomic E-state index is 0.803. The Kier molecular flexibility index (Phi) is 2.82. The fourth-order valence-corrected chi connectivity index (χ4v) is 2.21. The molecule has 90 valence electrons. The molecular formula is C15H15N3. The van der Waals surface area contributed by atoms with Crippen molar-refractivity contribution in [2.75, 3.05) is 7.05 Å². The van der Waals surface area contributed by atoms with Gasteiger partial charge in [-0.15, -0.1) is 0 Å². The highest BCUT2D eigenvalue weighted by atomic mass is 14.9. The number of imidazole rings is 1. The molecule has 0 atom stereocenters. The number of fused-ring (bicyclic) bond motifs is 1. The summed E-state index contributed by atoms with van der Waals surface area (Å²) in [5, 5.41) is 5.58. The van der Waals surface area contributed by atoms with Gasteiger partial charge in [0, 0.05) is 24.0 Å². The lowest BCUT2D eigenvalue weighted by molar-refractivity contribution is 0.797. The van der Waals surface area contributed by atoms with E-state index < -0.39 is 0 Å². The van der Waals surface area contributed by atoms with Crippen LogP contribution < -0.4 is 5.32 Å². The third-order valence-corrected chi connectivity index (χ3v) is 3.04. The van der Waals surface area contributed by atoms with Gasteiger partial charge in [0.15, 0.2) is 0 Å². The van der Waals surface area contributed by atoms with E-state index in [1.54, 1.807) is 0 Å². The van der Waals surface area contributed by atoms with Crippen LogP contribution in [-0.4, -0.2) is 17.0 Å². The number of rotatable bonds is 3. The Balaban J connectivity index is 2.12.